The zero-order chi connectivity index (χ0) is 12.2. The van der Waals surface area contributed by atoms with Gasteiger partial charge in [0.1, 0.15) is 5.54 Å². The third-order valence-corrected chi connectivity index (χ3v) is 3.63. The highest BCUT2D eigenvalue weighted by molar-refractivity contribution is 5.79. The van der Waals surface area contributed by atoms with Crippen LogP contribution in [-0.4, -0.2) is 22.7 Å². The van der Waals surface area contributed by atoms with Gasteiger partial charge in [0.2, 0.25) is 0 Å². The van der Waals surface area contributed by atoms with Crippen LogP contribution in [0.2, 0.25) is 0 Å². The maximum atomic E-state index is 11.3. The highest BCUT2D eigenvalue weighted by Crippen LogP contribution is 2.40. The summed E-state index contributed by atoms with van der Waals surface area (Å²) in [5.74, 6) is -0.365. The molecule has 0 aromatic carbocycles. The Labute approximate surface area is 98.6 Å². The molecule has 16 heavy (non-hydrogen) atoms. The zero-order valence-corrected chi connectivity index (χ0v) is 10.8. The second-order valence-electron chi connectivity index (χ2n) is 5.32. The molecule has 1 saturated carbocycles. The van der Waals surface area contributed by atoms with Crippen LogP contribution in [-0.2, 0) is 4.79 Å². The molecule has 2 atom stereocenters. The van der Waals surface area contributed by atoms with Gasteiger partial charge in [-0.05, 0) is 39.0 Å². The summed E-state index contributed by atoms with van der Waals surface area (Å²) in [6.45, 7) is 6.12. The van der Waals surface area contributed by atoms with E-state index in [0.717, 1.165) is 19.3 Å². The first-order valence-electron chi connectivity index (χ1n) is 6.51. The molecule has 0 amide bonds. The predicted octanol–water partition coefficient (Wildman–Crippen LogP) is 2.80. The molecule has 0 bridgehead atoms. The number of hydrogen-bond donors (Lipinski definition) is 2. The summed E-state index contributed by atoms with van der Waals surface area (Å²) in [4.78, 5) is 11.3. The quantitative estimate of drug-likeness (QED) is 0.627. The fraction of sp³-hybridized carbons (Fsp3) is 0.923. The summed E-state index contributed by atoms with van der Waals surface area (Å²) in [7, 11) is 0. The topological polar surface area (TPSA) is 49.3 Å². The molecule has 1 aliphatic carbocycles. The minimum absolute atomic E-state index is 0.299. The van der Waals surface area contributed by atoms with Crippen molar-refractivity contribution >= 4 is 5.97 Å². The summed E-state index contributed by atoms with van der Waals surface area (Å²) in [6, 6.07) is 0.299. The average Bonchev–Trinajstić information content (AvgIpc) is 3.00. The van der Waals surface area contributed by atoms with Crippen molar-refractivity contribution < 1.29 is 9.90 Å². The molecule has 1 rings (SSSR count). The van der Waals surface area contributed by atoms with Crippen LogP contribution in [0.5, 0.6) is 0 Å². The summed E-state index contributed by atoms with van der Waals surface area (Å²) < 4.78 is 0. The van der Waals surface area contributed by atoms with Gasteiger partial charge in [-0.25, -0.2) is 0 Å². The first-order valence-corrected chi connectivity index (χ1v) is 6.51. The van der Waals surface area contributed by atoms with E-state index in [1.165, 1.54) is 19.3 Å². The molecule has 3 nitrogen and oxygen atoms in total. The van der Waals surface area contributed by atoms with Gasteiger partial charge in [0.25, 0.3) is 0 Å². The van der Waals surface area contributed by atoms with Crippen LogP contribution in [0, 0.1) is 5.92 Å². The maximum Gasteiger partial charge on any atom is 0.323 e. The lowest BCUT2D eigenvalue weighted by Gasteiger charge is -2.30. The van der Waals surface area contributed by atoms with Gasteiger partial charge in [0, 0.05) is 6.04 Å². The molecular formula is C13H25NO2. The number of aliphatic carboxylic acids is 1. The van der Waals surface area contributed by atoms with E-state index in [9.17, 15) is 9.90 Å². The number of carboxylic acid groups (broad SMARTS) is 1. The van der Waals surface area contributed by atoms with E-state index >= 15 is 0 Å². The van der Waals surface area contributed by atoms with Crippen molar-refractivity contribution in [2.75, 3.05) is 0 Å². The van der Waals surface area contributed by atoms with Crippen LogP contribution in [0.1, 0.15) is 59.3 Å². The van der Waals surface area contributed by atoms with Crippen molar-refractivity contribution in [2.24, 2.45) is 5.92 Å². The predicted molar refractivity (Wildman–Crippen MR) is 65.5 cm³/mol. The molecule has 3 heteroatoms. The Bertz CT molecular complexity index is 238. The van der Waals surface area contributed by atoms with Crippen molar-refractivity contribution in [1.82, 2.24) is 5.32 Å². The van der Waals surface area contributed by atoms with Gasteiger partial charge < -0.3 is 5.11 Å². The second-order valence-corrected chi connectivity index (χ2v) is 5.32. The molecule has 0 spiro atoms. The van der Waals surface area contributed by atoms with Crippen molar-refractivity contribution in [3.8, 4) is 0 Å². The van der Waals surface area contributed by atoms with Gasteiger partial charge in [0.05, 0.1) is 0 Å². The normalized spacial score (nSPS) is 21.4. The van der Waals surface area contributed by atoms with E-state index in [1.807, 2.05) is 6.92 Å². The molecule has 2 unspecified atom stereocenters. The van der Waals surface area contributed by atoms with Crippen molar-refractivity contribution in [3.05, 3.63) is 0 Å². The van der Waals surface area contributed by atoms with Gasteiger partial charge in [-0.1, -0.05) is 26.2 Å². The van der Waals surface area contributed by atoms with Crippen LogP contribution in [0.25, 0.3) is 0 Å². The molecular weight excluding hydrogens is 202 g/mol. The van der Waals surface area contributed by atoms with Gasteiger partial charge in [0.15, 0.2) is 0 Å². The Morgan fingerprint density at radius 2 is 2.12 bits per heavy atom. The molecule has 0 radical (unpaired) electrons. The van der Waals surface area contributed by atoms with Crippen LogP contribution >= 0.6 is 0 Å². The number of carboxylic acids is 1. The number of unbranched alkanes of at least 4 members (excludes halogenated alkanes) is 2. The number of carbonyl (C=O) groups is 1. The minimum Gasteiger partial charge on any atom is -0.480 e. The van der Waals surface area contributed by atoms with E-state index in [1.54, 1.807) is 0 Å². The lowest BCUT2D eigenvalue weighted by Crippen LogP contribution is -2.54. The number of hydrogen-bond acceptors (Lipinski definition) is 2. The van der Waals surface area contributed by atoms with E-state index in [0.29, 0.717) is 12.0 Å². The van der Waals surface area contributed by atoms with Crippen LogP contribution in [0.3, 0.4) is 0 Å². The standard InChI is InChI=1S/C13H25NO2/c1-4-5-6-7-10(2)14-13(3,12(15)16)11-8-9-11/h10-11,14H,4-9H2,1-3H3,(H,15,16). The van der Waals surface area contributed by atoms with Crippen LogP contribution in [0.4, 0.5) is 0 Å². The van der Waals surface area contributed by atoms with Gasteiger partial charge in [-0.2, -0.15) is 0 Å². The minimum atomic E-state index is -0.703. The van der Waals surface area contributed by atoms with Crippen molar-refractivity contribution in [1.29, 1.82) is 0 Å². The smallest absolute Gasteiger partial charge is 0.323 e. The van der Waals surface area contributed by atoms with E-state index in [4.69, 9.17) is 0 Å². The average molecular weight is 227 g/mol. The van der Waals surface area contributed by atoms with Crippen LogP contribution < -0.4 is 5.32 Å². The monoisotopic (exact) mass is 227 g/mol. The third kappa shape index (κ3) is 3.48. The second kappa shape index (κ2) is 5.67. The van der Waals surface area contributed by atoms with Crippen molar-refractivity contribution in [3.63, 3.8) is 0 Å². The van der Waals surface area contributed by atoms with Crippen molar-refractivity contribution in [2.45, 2.75) is 70.9 Å². The van der Waals surface area contributed by atoms with E-state index in [2.05, 4.69) is 19.2 Å². The molecule has 0 heterocycles. The molecule has 0 aromatic heterocycles. The summed E-state index contributed by atoms with van der Waals surface area (Å²) in [5.41, 5.74) is -0.703. The maximum absolute atomic E-state index is 11.3. The Morgan fingerprint density at radius 1 is 1.50 bits per heavy atom. The summed E-state index contributed by atoms with van der Waals surface area (Å²) in [5, 5.41) is 12.6. The Balaban J connectivity index is 2.39. The van der Waals surface area contributed by atoms with Gasteiger partial charge >= 0.3 is 5.97 Å². The SMILES string of the molecule is CCCCCC(C)NC(C)(C(=O)O)C1CC1. The molecule has 0 aliphatic heterocycles. The van der Waals surface area contributed by atoms with Gasteiger partial charge in [-0.3, -0.25) is 10.1 Å². The highest BCUT2D eigenvalue weighted by atomic mass is 16.4. The Hall–Kier alpha value is -0.570. The molecule has 1 aliphatic rings. The Morgan fingerprint density at radius 3 is 2.56 bits per heavy atom. The third-order valence-electron chi connectivity index (χ3n) is 3.63. The fourth-order valence-corrected chi connectivity index (χ4v) is 2.30. The largest absolute Gasteiger partial charge is 0.480 e. The fourth-order valence-electron chi connectivity index (χ4n) is 2.30. The molecule has 0 aromatic rings. The molecule has 1 fully saturated rings. The highest BCUT2D eigenvalue weighted by Gasteiger charge is 2.47. The lowest BCUT2D eigenvalue weighted by molar-refractivity contribution is -0.145. The number of nitrogens with one attached hydrogen (secondary N) is 1. The lowest BCUT2D eigenvalue weighted by atomic mass is 9.94. The first kappa shape index (κ1) is 13.5. The molecule has 94 valence electrons. The summed E-state index contributed by atoms with van der Waals surface area (Å²) in [6.07, 6.45) is 6.81. The summed E-state index contributed by atoms with van der Waals surface area (Å²) >= 11 is 0. The van der Waals surface area contributed by atoms with E-state index < -0.39 is 11.5 Å². The van der Waals surface area contributed by atoms with Crippen LogP contribution in [0.15, 0.2) is 0 Å². The van der Waals surface area contributed by atoms with Gasteiger partial charge in [-0.15, -0.1) is 0 Å². The van der Waals surface area contributed by atoms with E-state index in [-0.39, 0.29) is 0 Å². The Kier molecular flexibility index (Phi) is 4.78. The molecule has 2 N–H and O–H groups in total. The molecule has 0 saturated heterocycles. The number of rotatable bonds is 8. The zero-order valence-electron chi connectivity index (χ0n) is 10.8. The first-order chi connectivity index (χ1) is 7.50.